The molecule has 0 aliphatic carbocycles. The molecule has 0 saturated carbocycles. The van der Waals surface area contributed by atoms with Crippen LogP contribution in [0.1, 0.15) is 0 Å². The molecular formula is C53H33N5S. The van der Waals surface area contributed by atoms with Crippen molar-refractivity contribution < 1.29 is 0 Å². The highest BCUT2D eigenvalue weighted by Gasteiger charge is 2.15. The van der Waals surface area contributed by atoms with Crippen LogP contribution in [0.25, 0.3) is 110 Å². The van der Waals surface area contributed by atoms with E-state index in [0.717, 1.165) is 82.4 Å². The third-order valence-corrected chi connectivity index (χ3v) is 11.8. The highest BCUT2D eigenvalue weighted by atomic mass is 32.1. The van der Waals surface area contributed by atoms with Crippen LogP contribution in [0.15, 0.2) is 200 Å². The van der Waals surface area contributed by atoms with Gasteiger partial charge in [-0.05, 0) is 74.8 Å². The molecule has 0 amide bonds. The van der Waals surface area contributed by atoms with Crippen LogP contribution in [0.3, 0.4) is 0 Å². The Kier molecular flexibility index (Phi) is 8.60. The summed E-state index contributed by atoms with van der Waals surface area (Å²) in [7, 11) is 0. The van der Waals surface area contributed by atoms with Crippen LogP contribution in [0.4, 0.5) is 0 Å². The molecule has 3 aromatic heterocycles. The number of hydrogen-bond donors (Lipinski definition) is 0. The molecule has 0 unspecified atom stereocenters. The van der Waals surface area contributed by atoms with Crippen molar-refractivity contribution >= 4 is 42.8 Å². The second-order valence-electron chi connectivity index (χ2n) is 14.5. The predicted molar refractivity (Wildman–Crippen MR) is 244 cm³/mol. The molecule has 0 radical (unpaired) electrons. The van der Waals surface area contributed by atoms with Crippen molar-refractivity contribution in [3.05, 3.63) is 200 Å². The number of aromatic nitrogens is 5. The number of benzene rings is 8. The topological polar surface area (TPSA) is 64.5 Å². The summed E-state index contributed by atoms with van der Waals surface area (Å²) in [5.74, 6) is 1.90. The first-order valence-corrected chi connectivity index (χ1v) is 20.4. The lowest BCUT2D eigenvalue weighted by atomic mass is 9.96. The maximum absolute atomic E-state index is 5.07. The molecule has 0 saturated heterocycles. The molecule has 6 heteroatoms. The van der Waals surface area contributed by atoms with E-state index in [0.29, 0.717) is 17.5 Å². The van der Waals surface area contributed by atoms with E-state index in [2.05, 4.69) is 164 Å². The van der Waals surface area contributed by atoms with Crippen LogP contribution < -0.4 is 0 Å². The molecule has 0 atom stereocenters. The maximum Gasteiger partial charge on any atom is 0.164 e. The Morgan fingerprint density at radius 3 is 1.36 bits per heavy atom. The zero-order chi connectivity index (χ0) is 39.1. The average Bonchev–Trinajstić information content (AvgIpc) is 3.68. The van der Waals surface area contributed by atoms with Crippen LogP contribution in [0.5, 0.6) is 0 Å². The van der Waals surface area contributed by atoms with Gasteiger partial charge in [-0.2, -0.15) is 0 Å². The minimum Gasteiger partial charge on any atom is -0.243 e. The van der Waals surface area contributed by atoms with Crippen LogP contribution in [0.2, 0.25) is 0 Å². The van der Waals surface area contributed by atoms with Crippen molar-refractivity contribution in [3.8, 4) is 78.7 Å². The quantitative estimate of drug-likeness (QED) is 0.161. The molecular weight excluding hydrogens is 739 g/mol. The van der Waals surface area contributed by atoms with Crippen LogP contribution in [0, 0.1) is 0 Å². The summed E-state index contributed by atoms with van der Waals surface area (Å²) in [4.78, 5) is 26.0. The fourth-order valence-electron chi connectivity index (χ4n) is 7.68. The SMILES string of the molecule is c1ccc(-c2ccc(-c3nc(-c4ccccc4)nc(-c4cccc(-c5cccc(-c6ccc(-c7ccc8nc9sc%10ccccc%10c9nc8c7)cc6)c5)c4)n3)cc2)cc1. The number of rotatable bonds is 7. The van der Waals surface area contributed by atoms with Gasteiger partial charge in [0.05, 0.1) is 11.0 Å². The molecule has 0 aliphatic rings. The van der Waals surface area contributed by atoms with Crippen LogP contribution in [-0.2, 0) is 0 Å². The van der Waals surface area contributed by atoms with Crippen molar-refractivity contribution in [2.24, 2.45) is 0 Å². The van der Waals surface area contributed by atoms with E-state index in [9.17, 15) is 0 Å². The normalized spacial score (nSPS) is 11.4. The molecule has 276 valence electrons. The Hall–Kier alpha value is -7.67. The van der Waals surface area contributed by atoms with Gasteiger partial charge in [0.15, 0.2) is 17.5 Å². The van der Waals surface area contributed by atoms with E-state index in [1.807, 2.05) is 36.4 Å². The molecule has 0 aliphatic heterocycles. The van der Waals surface area contributed by atoms with E-state index >= 15 is 0 Å². The summed E-state index contributed by atoms with van der Waals surface area (Å²) in [5.41, 5.74) is 14.6. The van der Waals surface area contributed by atoms with Gasteiger partial charge in [0.2, 0.25) is 0 Å². The van der Waals surface area contributed by atoms with Gasteiger partial charge in [0, 0.05) is 26.8 Å². The fraction of sp³-hybridized carbons (Fsp3) is 0. The summed E-state index contributed by atoms with van der Waals surface area (Å²) in [6.45, 7) is 0. The van der Waals surface area contributed by atoms with Gasteiger partial charge < -0.3 is 0 Å². The summed E-state index contributed by atoms with van der Waals surface area (Å²) in [6, 6.07) is 69.6. The minimum atomic E-state index is 0.627. The van der Waals surface area contributed by atoms with E-state index in [4.69, 9.17) is 24.9 Å². The Bertz CT molecular complexity index is 3310. The monoisotopic (exact) mass is 771 g/mol. The second-order valence-corrected chi connectivity index (χ2v) is 15.6. The van der Waals surface area contributed by atoms with Crippen LogP contribution >= 0.6 is 11.3 Å². The predicted octanol–water partition coefficient (Wildman–Crippen LogP) is 13.9. The van der Waals surface area contributed by atoms with Crippen molar-refractivity contribution in [3.63, 3.8) is 0 Å². The van der Waals surface area contributed by atoms with Gasteiger partial charge >= 0.3 is 0 Å². The smallest absolute Gasteiger partial charge is 0.164 e. The highest BCUT2D eigenvalue weighted by Crippen LogP contribution is 2.35. The average molecular weight is 772 g/mol. The van der Waals surface area contributed by atoms with Crippen molar-refractivity contribution in [2.75, 3.05) is 0 Å². The number of nitrogens with zero attached hydrogens (tertiary/aromatic N) is 5. The van der Waals surface area contributed by atoms with Crippen molar-refractivity contribution in [1.29, 1.82) is 0 Å². The Balaban J connectivity index is 0.897. The van der Waals surface area contributed by atoms with E-state index in [-0.39, 0.29) is 0 Å². The maximum atomic E-state index is 5.07. The van der Waals surface area contributed by atoms with E-state index in [1.54, 1.807) is 11.3 Å². The Labute approximate surface area is 345 Å². The molecule has 11 rings (SSSR count). The van der Waals surface area contributed by atoms with Crippen molar-refractivity contribution in [1.82, 2.24) is 24.9 Å². The summed E-state index contributed by atoms with van der Waals surface area (Å²) in [5, 5.41) is 1.16. The molecule has 59 heavy (non-hydrogen) atoms. The lowest BCUT2D eigenvalue weighted by Crippen LogP contribution is -2.00. The lowest BCUT2D eigenvalue weighted by Gasteiger charge is -2.11. The zero-order valence-electron chi connectivity index (χ0n) is 31.7. The van der Waals surface area contributed by atoms with Crippen LogP contribution in [-0.4, -0.2) is 24.9 Å². The van der Waals surface area contributed by atoms with Crippen molar-refractivity contribution in [2.45, 2.75) is 0 Å². The third-order valence-electron chi connectivity index (χ3n) is 10.8. The molecule has 3 heterocycles. The number of fused-ring (bicyclic) bond motifs is 4. The second kappa shape index (κ2) is 14.7. The first kappa shape index (κ1) is 34.6. The molecule has 5 nitrogen and oxygen atoms in total. The molecule has 11 aromatic rings. The van der Waals surface area contributed by atoms with Gasteiger partial charge in [0.1, 0.15) is 10.3 Å². The summed E-state index contributed by atoms with van der Waals surface area (Å²) < 4.78 is 1.21. The summed E-state index contributed by atoms with van der Waals surface area (Å²) in [6.07, 6.45) is 0. The Morgan fingerprint density at radius 1 is 0.271 bits per heavy atom. The third kappa shape index (κ3) is 6.71. The molecule has 8 aromatic carbocycles. The number of hydrogen-bond acceptors (Lipinski definition) is 6. The van der Waals surface area contributed by atoms with E-state index < -0.39 is 0 Å². The van der Waals surface area contributed by atoms with Gasteiger partial charge in [0.25, 0.3) is 0 Å². The number of thiophene rings is 1. The van der Waals surface area contributed by atoms with E-state index in [1.165, 1.54) is 10.3 Å². The first-order chi connectivity index (χ1) is 29.2. The van der Waals surface area contributed by atoms with Gasteiger partial charge in [-0.15, -0.1) is 11.3 Å². The first-order valence-electron chi connectivity index (χ1n) is 19.6. The minimum absolute atomic E-state index is 0.627. The van der Waals surface area contributed by atoms with Gasteiger partial charge in [-0.25, -0.2) is 24.9 Å². The zero-order valence-corrected chi connectivity index (χ0v) is 32.5. The van der Waals surface area contributed by atoms with Gasteiger partial charge in [-0.3, -0.25) is 0 Å². The molecule has 0 fully saturated rings. The largest absolute Gasteiger partial charge is 0.243 e. The molecule has 0 N–H and O–H groups in total. The fourth-order valence-corrected chi connectivity index (χ4v) is 8.71. The standard InChI is InChI=1S/C53H33N5S/c1-3-11-34(12-4-1)35-25-27-39(28-26-35)51-56-50(38-13-5-2-6-14-38)57-52(58-51)44-18-10-17-42(32-44)41-16-9-15-40(31-41)36-21-23-37(24-22-36)43-29-30-46-47(33-43)54-49-45-19-7-8-20-48(45)59-53(49)55-46/h1-33H. The lowest BCUT2D eigenvalue weighted by molar-refractivity contribution is 1.07. The molecule has 0 spiro atoms. The summed E-state index contributed by atoms with van der Waals surface area (Å²) >= 11 is 1.69. The molecule has 0 bridgehead atoms. The highest BCUT2D eigenvalue weighted by molar-refractivity contribution is 7.25. The van der Waals surface area contributed by atoms with Gasteiger partial charge in [-0.1, -0.05) is 170 Å². The Morgan fingerprint density at radius 2 is 0.695 bits per heavy atom.